The van der Waals surface area contributed by atoms with Crippen molar-refractivity contribution in [2.75, 3.05) is 6.61 Å². The minimum Gasteiger partial charge on any atom is -0.465 e. The highest BCUT2D eigenvalue weighted by Crippen LogP contribution is 2.07. The van der Waals surface area contributed by atoms with Crippen LogP contribution in [0.3, 0.4) is 0 Å². The van der Waals surface area contributed by atoms with Gasteiger partial charge in [-0.2, -0.15) is 0 Å². The number of esters is 1. The zero-order valence-corrected chi connectivity index (χ0v) is 10.6. The van der Waals surface area contributed by atoms with Crippen molar-refractivity contribution in [1.82, 2.24) is 0 Å². The lowest BCUT2D eigenvalue weighted by molar-refractivity contribution is -0.145. The molecule has 2 nitrogen and oxygen atoms in total. The van der Waals surface area contributed by atoms with Crippen LogP contribution >= 0.6 is 0 Å². The van der Waals surface area contributed by atoms with E-state index in [0.717, 1.165) is 19.3 Å². The summed E-state index contributed by atoms with van der Waals surface area (Å²) in [5.74, 6) is 0.473. The maximum Gasteiger partial charge on any atom is 0.305 e. The molecule has 1 atom stereocenters. The number of hydrogen-bond acceptors (Lipinski definition) is 2. The van der Waals surface area contributed by atoms with Gasteiger partial charge in [-0.05, 0) is 12.3 Å². The highest BCUT2D eigenvalue weighted by atomic mass is 16.5. The average molecular weight is 214 g/mol. The van der Waals surface area contributed by atoms with E-state index in [4.69, 9.17) is 4.74 Å². The first kappa shape index (κ1) is 14.5. The van der Waals surface area contributed by atoms with Crippen LogP contribution in [0.2, 0.25) is 0 Å². The first-order valence-electron chi connectivity index (χ1n) is 6.36. The third-order valence-corrected chi connectivity index (χ3v) is 2.71. The number of hydrogen-bond donors (Lipinski definition) is 0. The SMILES string of the molecule is CCCCCCCC(=O)OC[C@H](C)CC. The number of carbonyl (C=O) groups excluding carboxylic acids is 1. The van der Waals surface area contributed by atoms with E-state index in [1.165, 1.54) is 19.3 Å². The predicted octanol–water partition coefficient (Wildman–Crippen LogP) is 3.94. The van der Waals surface area contributed by atoms with E-state index < -0.39 is 0 Å². The molecule has 15 heavy (non-hydrogen) atoms. The monoisotopic (exact) mass is 214 g/mol. The number of carbonyl (C=O) groups is 1. The van der Waals surface area contributed by atoms with E-state index in [0.29, 0.717) is 18.9 Å². The minimum atomic E-state index is -0.0215. The summed E-state index contributed by atoms with van der Waals surface area (Å²) in [7, 11) is 0. The molecule has 0 heterocycles. The molecule has 0 aromatic heterocycles. The Bertz CT molecular complexity index is 155. The Morgan fingerprint density at radius 3 is 2.40 bits per heavy atom. The smallest absolute Gasteiger partial charge is 0.305 e. The number of rotatable bonds is 9. The van der Waals surface area contributed by atoms with Crippen molar-refractivity contribution in [2.24, 2.45) is 5.92 Å². The Morgan fingerprint density at radius 2 is 1.80 bits per heavy atom. The van der Waals surface area contributed by atoms with Crippen LogP contribution in [0.1, 0.15) is 65.7 Å². The van der Waals surface area contributed by atoms with Crippen LogP contribution in [0, 0.1) is 5.92 Å². The van der Waals surface area contributed by atoms with Crippen LogP contribution in [0.4, 0.5) is 0 Å². The van der Waals surface area contributed by atoms with Gasteiger partial charge in [-0.15, -0.1) is 0 Å². The van der Waals surface area contributed by atoms with Gasteiger partial charge in [-0.3, -0.25) is 4.79 Å². The van der Waals surface area contributed by atoms with Crippen LogP contribution in [-0.4, -0.2) is 12.6 Å². The molecule has 90 valence electrons. The topological polar surface area (TPSA) is 26.3 Å². The Labute approximate surface area is 94.4 Å². The van der Waals surface area contributed by atoms with Gasteiger partial charge in [-0.1, -0.05) is 52.9 Å². The van der Waals surface area contributed by atoms with Crippen LogP contribution < -0.4 is 0 Å². The Morgan fingerprint density at radius 1 is 1.13 bits per heavy atom. The van der Waals surface area contributed by atoms with Gasteiger partial charge in [-0.25, -0.2) is 0 Å². The minimum absolute atomic E-state index is 0.0215. The molecule has 0 amide bonds. The Kier molecular flexibility index (Phi) is 9.65. The molecule has 0 fully saturated rings. The highest BCUT2D eigenvalue weighted by Gasteiger charge is 2.05. The zero-order chi connectivity index (χ0) is 11.5. The molecule has 0 aliphatic heterocycles. The lowest BCUT2D eigenvalue weighted by Crippen LogP contribution is -2.11. The van der Waals surface area contributed by atoms with Gasteiger partial charge in [0.25, 0.3) is 0 Å². The van der Waals surface area contributed by atoms with Crippen LogP contribution in [0.15, 0.2) is 0 Å². The molecule has 0 aliphatic rings. The van der Waals surface area contributed by atoms with E-state index in [9.17, 15) is 4.79 Å². The standard InChI is InChI=1S/C13H26O2/c1-4-6-7-8-9-10-13(14)15-11-12(3)5-2/h12H,4-11H2,1-3H3/t12-/m1/s1. The molecule has 0 spiro atoms. The molecule has 0 saturated heterocycles. The summed E-state index contributed by atoms with van der Waals surface area (Å²) in [5, 5.41) is 0. The molecule has 0 aromatic carbocycles. The quantitative estimate of drug-likeness (QED) is 0.429. The van der Waals surface area contributed by atoms with Crippen molar-refractivity contribution in [3.63, 3.8) is 0 Å². The number of unbranched alkanes of at least 4 members (excludes halogenated alkanes) is 4. The van der Waals surface area contributed by atoms with Crippen molar-refractivity contribution in [3.8, 4) is 0 Å². The second kappa shape index (κ2) is 10.0. The lowest BCUT2D eigenvalue weighted by Gasteiger charge is -2.09. The zero-order valence-electron chi connectivity index (χ0n) is 10.6. The van der Waals surface area contributed by atoms with Gasteiger partial charge in [0.2, 0.25) is 0 Å². The lowest BCUT2D eigenvalue weighted by atomic mass is 10.1. The summed E-state index contributed by atoms with van der Waals surface area (Å²) >= 11 is 0. The molecule has 2 heteroatoms. The fourth-order valence-corrected chi connectivity index (χ4v) is 1.30. The fraction of sp³-hybridized carbons (Fsp3) is 0.923. The van der Waals surface area contributed by atoms with Crippen molar-refractivity contribution in [2.45, 2.75) is 65.7 Å². The van der Waals surface area contributed by atoms with Gasteiger partial charge in [0.15, 0.2) is 0 Å². The second-order valence-electron chi connectivity index (χ2n) is 4.36. The van der Waals surface area contributed by atoms with E-state index in [1.807, 2.05) is 0 Å². The summed E-state index contributed by atoms with van der Waals surface area (Å²) in [6.07, 6.45) is 7.59. The number of ether oxygens (including phenoxy) is 1. The van der Waals surface area contributed by atoms with E-state index in [2.05, 4.69) is 20.8 Å². The second-order valence-corrected chi connectivity index (χ2v) is 4.36. The van der Waals surface area contributed by atoms with Gasteiger partial charge in [0.05, 0.1) is 6.61 Å². The van der Waals surface area contributed by atoms with Gasteiger partial charge < -0.3 is 4.74 Å². The predicted molar refractivity (Wildman–Crippen MR) is 63.8 cm³/mol. The molecule has 0 N–H and O–H groups in total. The van der Waals surface area contributed by atoms with Gasteiger partial charge >= 0.3 is 5.97 Å². The van der Waals surface area contributed by atoms with Gasteiger partial charge in [0, 0.05) is 6.42 Å². The molecule has 0 unspecified atom stereocenters. The van der Waals surface area contributed by atoms with Crippen molar-refractivity contribution in [3.05, 3.63) is 0 Å². The van der Waals surface area contributed by atoms with Crippen molar-refractivity contribution < 1.29 is 9.53 Å². The normalized spacial score (nSPS) is 12.5. The molecule has 0 bridgehead atoms. The molecule has 0 aromatic rings. The summed E-state index contributed by atoms with van der Waals surface area (Å²) in [6.45, 7) is 7.00. The third-order valence-electron chi connectivity index (χ3n) is 2.71. The van der Waals surface area contributed by atoms with Gasteiger partial charge in [0.1, 0.15) is 0 Å². The maximum absolute atomic E-state index is 11.3. The summed E-state index contributed by atoms with van der Waals surface area (Å²) in [6, 6.07) is 0. The van der Waals surface area contributed by atoms with Crippen LogP contribution in [0.5, 0.6) is 0 Å². The first-order valence-corrected chi connectivity index (χ1v) is 6.36. The third kappa shape index (κ3) is 9.77. The molecule has 0 rings (SSSR count). The Balaban J connectivity index is 3.26. The first-order chi connectivity index (χ1) is 7.20. The Hall–Kier alpha value is -0.530. The van der Waals surface area contributed by atoms with E-state index >= 15 is 0 Å². The summed E-state index contributed by atoms with van der Waals surface area (Å²) < 4.78 is 5.16. The van der Waals surface area contributed by atoms with Crippen LogP contribution in [0.25, 0.3) is 0 Å². The maximum atomic E-state index is 11.3. The van der Waals surface area contributed by atoms with Crippen LogP contribution in [-0.2, 0) is 9.53 Å². The molecular formula is C13H26O2. The molecular weight excluding hydrogens is 188 g/mol. The average Bonchev–Trinajstić information content (AvgIpc) is 2.25. The molecule has 0 saturated carbocycles. The largest absolute Gasteiger partial charge is 0.465 e. The van der Waals surface area contributed by atoms with Crippen molar-refractivity contribution in [1.29, 1.82) is 0 Å². The molecule has 0 aliphatic carbocycles. The summed E-state index contributed by atoms with van der Waals surface area (Å²) in [5.41, 5.74) is 0. The van der Waals surface area contributed by atoms with E-state index in [1.54, 1.807) is 0 Å². The molecule has 0 radical (unpaired) electrons. The fourth-order valence-electron chi connectivity index (χ4n) is 1.30. The van der Waals surface area contributed by atoms with Crippen molar-refractivity contribution >= 4 is 5.97 Å². The van der Waals surface area contributed by atoms with E-state index in [-0.39, 0.29) is 5.97 Å². The summed E-state index contributed by atoms with van der Waals surface area (Å²) in [4.78, 5) is 11.3. The highest BCUT2D eigenvalue weighted by molar-refractivity contribution is 5.69.